The van der Waals surface area contributed by atoms with Crippen molar-refractivity contribution in [2.75, 3.05) is 13.1 Å². The molecule has 1 aliphatic heterocycles. The predicted octanol–water partition coefficient (Wildman–Crippen LogP) is 2.28. The summed E-state index contributed by atoms with van der Waals surface area (Å²) >= 11 is 0. The molecule has 0 aliphatic carbocycles. The van der Waals surface area contributed by atoms with Gasteiger partial charge in [-0.1, -0.05) is 0 Å². The maximum Gasteiger partial charge on any atom is 0.127 e. The van der Waals surface area contributed by atoms with Gasteiger partial charge in [0.15, 0.2) is 0 Å². The Labute approximate surface area is 152 Å². The number of rotatable bonds is 4. The smallest absolute Gasteiger partial charge is 0.127 e. The van der Waals surface area contributed by atoms with Crippen LogP contribution in [0, 0.1) is 12.8 Å². The largest absolute Gasteiger partial charge is 0.507 e. The molecule has 3 aromatic rings. The Bertz CT molecular complexity index is 887. The van der Waals surface area contributed by atoms with E-state index in [1.807, 2.05) is 19.1 Å². The molecule has 1 fully saturated rings. The third-order valence-corrected chi connectivity index (χ3v) is 4.82. The van der Waals surface area contributed by atoms with Crippen molar-refractivity contribution in [1.29, 1.82) is 0 Å². The quantitative estimate of drug-likeness (QED) is 0.750. The molecule has 2 N–H and O–H groups in total. The first-order valence-corrected chi connectivity index (χ1v) is 8.94. The second-order valence-corrected chi connectivity index (χ2v) is 6.80. The fourth-order valence-corrected chi connectivity index (χ4v) is 3.49. The Morgan fingerprint density at radius 2 is 2.04 bits per heavy atom. The molecule has 0 radical (unpaired) electrons. The second kappa shape index (κ2) is 7.21. The molecule has 0 amide bonds. The van der Waals surface area contributed by atoms with E-state index in [4.69, 9.17) is 0 Å². The number of aromatic hydroxyl groups is 1. The standard InChI is InChI=1S/C19H22N6O/c1-13-9-15(10-14-3-2-6-20-12-14)23-24-19(13)17-5-4-16(11-18(17)26)25-21-7-8-22-25/h4-5,7-9,11,14,20,26H,2-3,6,10,12H2,1H3/t14-/m0/s1. The van der Waals surface area contributed by atoms with Crippen LogP contribution in [0.15, 0.2) is 36.7 Å². The molecule has 7 nitrogen and oxygen atoms in total. The van der Waals surface area contributed by atoms with Crippen molar-refractivity contribution in [2.24, 2.45) is 5.92 Å². The minimum atomic E-state index is 0.140. The summed E-state index contributed by atoms with van der Waals surface area (Å²) in [6.07, 6.45) is 6.60. The number of nitrogens with zero attached hydrogens (tertiary/aromatic N) is 5. The van der Waals surface area contributed by atoms with Gasteiger partial charge in [0, 0.05) is 11.6 Å². The van der Waals surface area contributed by atoms with Gasteiger partial charge in [-0.25, -0.2) is 0 Å². The number of aryl methyl sites for hydroxylation is 1. The first kappa shape index (κ1) is 16.7. The highest BCUT2D eigenvalue weighted by molar-refractivity contribution is 5.70. The van der Waals surface area contributed by atoms with Gasteiger partial charge in [-0.15, -0.1) is 5.10 Å². The van der Waals surface area contributed by atoms with Gasteiger partial charge >= 0.3 is 0 Å². The van der Waals surface area contributed by atoms with E-state index >= 15 is 0 Å². The van der Waals surface area contributed by atoms with Gasteiger partial charge in [-0.05, 0) is 69.0 Å². The van der Waals surface area contributed by atoms with Crippen LogP contribution in [0.2, 0.25) is 0 Å². The fraction of sp³-hybridized carbons (Fsp3) is 0.368. The monoisotopic (exact) mass is 350 g/mol. The third-order valence-electron chi connectivity index (χ3n) is 4.82. The van der Waals surface area contributed by atoms with Crippen LogP contribution < -0.4 is 5.32 Å². The minimum absolute atomic E-state index is 0.140. The molecule has 3 heterocycles. The third kappa shape index (κ3) is 3.43. The van der Waals surface area contributed by atoms with Crippen molar-refractivity contribution in [3.63, 3.8) is 0 Å². The first-order chi connectivity index (χ1) is 12.7. The van der Waals surface area contributed by atoms with Crippen molar-refractivity contribution in [3.05, 3.63) is 47.9 Å². The van der Waals surface area contributed by atoms with Gasteiger partial charge in [0.05, 0.1) is 29.5 Å². The zero-order valence-corrected chi connectivity index (χ0v) is 14.8. The van der Waals surface area contributed by atoms with E-state index in [-0.39, 0.29) is 5.75 Å². The van der Waals surface area contributed by atoms with Crippen LogP contribution in [-0.2, 0) is 6.42 Å². The lowest BCUT2D eigenvalue weighted by Gasteiger charge is -2.22. The predicted molar refractivity (Wildman–Crippen MR) is 98.1 cm³/mol. The van der Waals surface area contributed by atoms with Crippen molar-refractivity contribution < 1.29 is 5.11 Å². The molecule has 1 aromatic carbocycles. The average Bonchev–Trinajstić information content (AvgIpc) is 3.18. The Kier molecular flexibility index (Phi) is 4.62. The first-order valence-electron chi connectivity index (χ1n) is 8.94. The summed E-state index contributed by atoms with van der Waals surface area (Å²) in [5.41, 5.74) is 4.09. The molecule has 1 aliphatic rings. The van der Waals surface area contributed by atoms with E-state index in [2.05, 4.69) is 31.8 Å². The lowest BCUT2D eigenvalue weighted by atomic mass is 9.94. The average molecular weight is 350 g/mol. The maximum atomic E-state index is 10.5. The number of nitrogens with one attached hydrogen (secondary N) is 1. The Hall–Kier alpha value is -2.80. The van der Waals surface area contributed by atoms with Crippen LogP contribution in [-0.4, -0.2) is 43.4 Å². The summed E-state index contributed by atoms with van der Waals surface area (Å²) in [6.45, 7) is 4.17. The lowest BCUT2D eigenvalue weighted by molar-refractivity contribution is 0.372. The van der Waals surface area contributed by atoms with Gasteiger partial charge in [0.25, 0.3) is 0 Å². The number of aromatic nitrogens is 5. The van der Waals surface area contributed by atoms with E-state index in [1.165, 1.54) is 17.6 Å². The number of benzene rings is 1. The van der Waals surface area contributed by atoms with E-state index in [1.54, 1.807) is 18.5 Å². The summed E-state index contributed by atoms with van der Waals surface area (Å²) in [7, 11) is 0. The van der Waals surface area contributed by atoms with Crippen LogP contribution >= 0.6 is 0 Å². The molecule has 2 aromatic heterocycles. The van der Waals surface area contributed by atoms with Gasteiger partial charge in [-0.3, -0.25) is 0 Å². The van der Waals surface area contributed by atoms with Crippen molar-refractivity contribution in [2.45, 2.75) is 26.2 Å². The minimum Gasteiger partial charge on any atom is -0.507 e. The molecule has 0 bridgehead atoms. The number of hydrogen-bond acceptors (Lipinski definition) is 6. The molecular formula is C19H22N6O. The second-order valence-electron chi connectivity index (χ2n) is 6.80. The molecule has 134 valence electrons. The number of phenolic OH excluding ortho intramolecular Hbond substituents is 1. The van der Waals surface area contributed by atoms with Gasteiger partial charge in [-0.2, -0.15) is 20.1 Å². The topological polar surface area (TPSA) is 88.8 Å². The molecular weight excluding hydrogens is 328 g/mol. The van der Waals surface area contributed by atoms with E-state index in [0.29, 0.717) is 22.9 Å². The van der Waals surface area contributed by atoms with Gasteiger partial charge in [0.2, 0.25) is 0 Å². The lowest BCUT2D eigenvalue weighted by Crippen LogP contribution is -2.31. The summed E-state index contributed by atoms with van der Waals surface area (Å²) in [5, 5.41) is 30.8. The van der Waals surface area contributed by atoms with Crippen molar-refractivity contribution in [1.82, 2.24) is 30.5 Å². The maximum absolute atomic E-state index is 10.5. The summed E-state index contributed by atoms with van der Waals surface area (Å²) in [6, 6.07) is 7.41. The fourth-order valence-electron chi connectivity index (χ4n) is 3.49. The molecule has 26 heavy (non-hydrogen) atoms. The number of phenols is 1. The van der Waals surface area contributed by atoms with Crippen LogP contribution in [0.3, 0.4) is 0 Å². The molecule has 4 rings (SSSR count). The van der Waals surface area contributed by atoms with Crippen LogP contribution in [0.4, 0.5) is 0 Å². The highest BCUT2D eigenvalue weighted by atomic mass is 16.3. The van der Waals surface area contributed by atoms with Crippen molar-refractivity contribution in [3.8, 4) is 22.7 Å². The zero-order chi connectivity index (χ0) is 17.9. The highest BCUT2D eigenvalue weighted by Gasteiger charge is 2.16. The molecule has 1 saturated heterocycles. The molecule has 7 heteroatoms. The molecule has 0 saturated carbocycles. The van der Waals surface area contributed by atoms with Crippen LogP contribution in [0.1, 0.15) is 24.1 Å². The zero-order valence-electron chi connectivity index (χ0n) is 14.8. The number of piperidine rings is 1. The SMILES string of the molecule is Cc1cc(C[C@@H]2CCCNC2)nnc1-c1ccc(-n2nccn2)cc1O. The van der Waals surface area contributed by atoms with Gasteiger partial charge in [0.1, 0.15) is 5.75 Å². The Morgan fingerprint density at radius 3 is 2.73 bits per heavy atom. The van der Waals surface area contributed by atoms with Crippen molar-refractivity contribution >= 4 is 0 Å². The van der Waals surface area contributed by atoms with E-state index in [0.717, 1.165) is 30.8 Å². The Morgan fingerprint density at radius 1 is 1.19 bits per heavy atom. The van der Waals surface area contributed by atoms with Crippen LogP contribution in [0.25, 0.3) is 16.9 Å². The summed E-state index contributed by atoms with van der Waals surface area (Å²) in [4.78, 5) is 1.46. The highest BCUT2D eigenvalue weighted by Crippen LogP contribution is 2.31. The van der Waals surface area contributed by atoms with E-state index < -0.39 is 0 Å². The van der Waals surface area contributed by atoms with Crippen LogP contribution in [0.5, 0.6) is 5.75 Å². The summed E-state index contributed by atoms with van der Waals surface area (Å²) in [5.74, 6) is 0.763. The Balaban J connectivity index is 1.57. The normalized spacial score (nSPS) is 17.3. The molecule has 1 atom stereocenters. The van der Waals surface area contributed by atoms with E-state index in [9.17, 15) is 5.11 Å². The summed E-state index contributed by atoms with van der Waals surface area (Å²) < 4.78 is 0. The number of hydrogen-bond donors (Lipinski definition) is 2. The molecule has 0 unspecified atom stereocenters. The van der Waals surface area contributed by atoms with Gasteiger partial charge < -0.3 is 10.4 Å². The molecule has 0 spiro atoms.